The van der Waals surface area contributed by atoms with Crippen molar-refractivity contribution in [3.63, 3.8) is 0 Å². The van der Waals surface area contributed by atoms with Gasteiger partial charge in [0, 0.05) is 5.56 Å². The Balaban J connectivity index is 2.35. The Kier molecular flexibility index (Phi) is 4.91. The maximum absolute atomic E-state index is 6.62. The van der Waals surface area contributed by atoms with Crippen LogP contribution in [0.3, 0.4) is 0 Å². The van der Waals surface area contributed by atoms with E-state index in [4.69, 9.17) is 21.1 Å². The Morgan fingerprint density at radius 3 is 2.40 bits per heavy atom. The van der Waals surface area contributed by atoms with Gasteiger partial charge >= 0.3 is 0 Å². The van der Waals surface area contributed by atoms with Crippen LogP contribution in [-0.4, -0.2) is 13.7 Å². The number of rotatable bonds is 5. The fourth-order valence-corrected chi connectivity index (χ4v) is 2.42. The van der Waals surface area contributed by atoms with Crippen molar-refractivity contribution in [1.29, 1.82) is 0 Å². The quantitative estimate of drug-likeness (QED) is 0.741. The van der Waals surface area contributed by atoms with Gasteiger partial charge in [0.05, 0.1) is 19.1 Å². The molecule has 0 aliphatic rings. The van der Waals surface area contributed by atoms with E-state index < -0.39 is 0 Å². The van der Waals surface area contributed by atoms with E-state index in [-0.39, 0.29) is 5.38 Å². The normalized spacial score (nSPS) is 12.0. The van der Waals surface area contributed by atoms with Gasteiger partial charge in [0.2, 0.25) is 0 Å². The molecule has 0 aromatic heterocycles. The molecule has 3 heteroatoms. The lowest BCUT2D eigenvalue weighted by Crippen LogP contribution is -2.01. The lowest BCUT2D eigenvalue weighted by atomic mass is 10.0. The average Bonchev–Trinajstić information content (AvgIpc) is 2.48. The summed E-state index contributed by atoms with van der Waals surface area (Å²) < 4.78 is 10.8. The molecule has 0 amide bonds. The fraction of sp³-hybridized carbons (Fsp3) is 0.294. The number of methoxy groups -OCH3 is 1. The predicted molar refractivity (Wildman–Crippen MR) is 83.0 cm³/mol. The highest BCUT2D eigenvalue weighted by Gasteiger charge is 2.16. The molecule has 20 heavy (non-hydrogen) atoms. The molecule has 0 saturated heterocycles. The lowest BCUT2D eigenvalue weighted by molar-refractivity contribution is 0.337. The van der Waals surface area contributed by atoms with E-state index in [0.717, 1.165) is 22.6 Å². The number of ether oxygens (including phenoxy) is 2. The van der Waals surface area contributed by atoms with Gasteiger partial charge in [0.25, 0.3) is 0 Å². The van der Waals surface area contributed by atoms with Gasteiger partial charge in [-0.3, -0.25) is 0 Å². The monoisotopic (exact) mass is 290 g/mol. The molecule has 0 aliphatic carbocycles. The van der Waals surface area contributed by atoms with Crippen LogP contribution >= 0.6 is 11.6 Å². The third kappa shape index (κ3) is 3.26. The Bertz CT molecular complexity index is 564. The molecule has 0 spiro atoms. The maximum atomic E-state index is 6.62. The van der Waals surface area contributed by atoms with Crippen LogP contribution in [0.1, 0.15) is 29.0 Å². The zero-order valence-corrected chi connectivity index (χ0v) is 12.8. The fourth-order valence-electron chi connectivity index (χ4n) is 2.11. The van der Waals surface area contributed by atoms with Crippen LogP contribution in [0.5, 0.6) is 11.5 Å². The molecule has 0 aliphatic heterocycles. The van der Waals surface area contributed by atoms with Gasteiger partial charge in [-0.05, 0) is 37.6 Å². The van der Waals surface area contributed by atoms with E-state index in [2.05, 4.69) is 13.0 Å². The Labute approximate surface area is 125 Å². The zero-order valence-electron chi connectivity index (χ0n) is 12.0. The largest absolute Gasteiger partial charge is 0.497 e. The topological polar surface area (TPSA) is 18.5 Å². The molecule has 106 valence electrons. The highest BCUT2D eigenvalue weighted by Crippen LogP contribution is 2.36. The second-order valence-corrected chi connectivity index (χ2v) is 5.05. The summed E-state index contributed by atoms with van der Waals surface area (Å²) in [7, 11) is 1.65. The summed E-state index contributed by atoms with van der Waals surface area (Å²) >= 11 is 6.62. The molecule has 0 radical (unpaired) electrons. The number of aryl methyl sites for hydroxylation is 1. The number of benzene rings is 2. The summed E-state index contributed by atoms with van der Waals surface area (Å²) in [6.45, 7) is 4.65. The number of hydrogen-bond donors (Lipinski definition) is 0. The molecule has 2 aromatic rings. The predicted octanol–water partition coefficient (Wildman–Crippen LogP) is 4.73. The summed E-state index contributed by atoms with van der Waals surface area (Å²) in [5, 5.41) is -0.234. The molecule has 1 atom stereocenters. The first-order chi connectivity index (χ1) is 9.65. The molecule has 0 heterocycles. The van der Waals surface area contributed by atoms with Gasteiger partial charge in [-0.1, -0.05) is 29.8 Å². The third-order valence-corrected chi connectivity index (χ3v) is 3.63. The van der Waals surface area contributed by atoms with Crippen LogP contribution in [-0.2, 0) is 0 Å². The second kappa shape index (κ2) is 6.67. The summed E-state index contributed by atoms with van der Waals surface area (Å²) in [6, 6.07) is 13.9. The van der Waals surface area contributed by atoms with Gasteiger partial charge in [0.1, 0.15) is 11.5 Å². The van der Waals surface area contributed by atoms with Gasteiger partial charge < -0.3 is 9.47 Å². The molecule has 2 aromatic carbocycles. The van der Waals surface area contributed by atoms with E-state index in [0.29, 0.717) is 6.61 Å². The Hall–Kier alpha value is -1.67. The SMILES string of the molecule is CCOc1ccc(C)cc1C(Cl)c1ccc(OC)cc1. The highest BCUT2D eigenvalue weighted by atomic mass is 35.5. The van der Waals surface area contributed by atoms with Gasteiger partial charge in [0.15, 0.2) is 0 Å². The molecule has 2 nitrogen and oxygen atoms in total. The first kappa shape index (κ1) is 14.7. The van der Waals surface area contributed by atoms with Gasteiger partial charge in [-0.2, -0.15) is 0 Å². The number of halogens is 1. The van der Waals surface area contributed by atoms with Gasteiger partial charge in [-0.15, -0.1) is 11.6 Å². The maximum Gasteiger partial charge on any atom is 0.124 e. The summed E-state index contributed by atoms with van der Waals surface area (Å²) in [5.41, 5.74) is 3.19. The average molecular weight is 291 g/mol. The van der Waals surface area contributed by atoms with Crippen molar-refractivity contribution in [1.82, 2.24) is 0 Å². The smallest absolute Gasteiger partial charge is 0.124 e. The standard InChI is InChI=1S/C17H19ClO2/c1-4-20-16-10-5-12(2)11-15(16)17(18)13-6-8-14(19-3)9-7-13/h5-11,17H,4H2,1-3H3. The minimum atomic E-state index is -0.234. The minimum Gasteiger partial charge on any atom is -0.497 e. The van der Waals surface area contributed by atoms with Crippen LogP contribution in [0.15, 0.2) is 42.5 Å². The molecule has 0 fully saturated rings. The zero-order chi connectivity index (χ0) is 14.5. The molecular weight excluding hydrogens is 272 g/mol. The van der Waals surface area contributed by atoms with Crippen LogP contribution in [0, 0.1) is 6.92 Å². The van der Waals surface area contributed by atoms with E-state index in [1.54, 1.807) is 7.11 Å². The van der Waals surface area contributed by atoms with Crippen LogP contribution in [0.25, 0.3) is 0 Å². The van der Waals surface area contributed by atoms with Crippen molar-refractivity contribution in [2.45, 2.75) is 19.2 Å². The highest BCUT2D eigenvalue weighted by molar-refractivity contribution is 6.22. The third-order valence-electron chi connectivity index (χ3n) is 3.15. The molecule has 0 N–H and O–H groups in total. The Morgan fingerprint density at radius 2 is 1.80 bits per heavy atom. The summed E-state index contributed by atoms with van der Waals surface area (Å²) in [6.07, 6.45) is 0. The van der Waals surface area contributed by atoms with Crippen molar-refractivity contribution in [2.75, 3.05) is 13.7 Å². The van der Waals surface area contributed by atoms with Gasteiger partial charge in [-0.25, -0.2) is 0 Å². The van der Waals surface area contributed by atoms with Crippen molar-refractivity contribution in [3.05, 3.63) is 59.2 Å². The van der Waals surface area contributed by atoms with Crippen molar-refractivity contribution >= 4 is 11.6 Å². The molecular formula is C17H19ClO2. The first-order valence-electron chi connectivity index (χ1n) is 6.67. The number of alkyl halides is 1. The lowest BCUT2D eigenvalue weighted by Gasteiger charge is -2.16. The molecule has 0 bridgehead atoms. The van der Waals surface area contributed by atoms with Crippen molar-refractivity contribution in [2.24, 2.45) is 0 Å². The van der Waals surface area contributed by atoms with E-state index in [1.807, 2.05) is 43.3 Å². The molecule has 1 unspecified atom stereocenters. The second-order valence-electron chi connectivity index (χ2n) is 4.61. The van der Waals surface area contributed by atoms with Crippen molar-refractivity contribution in [3.8, 4) is 11.5 Å². The first-order valence-corrected chi connectivity index (χ1v) is 7.10. The summed E-state index contributed by atoms with van der Waals surface area (Å²) in [5.74, 6) is 1.67. The Morgan fingerprint density at radius 1 is 1.10 bits per heavy atom. The molecule has 2 rings (SSSR count). The van der Waals surface area contributed by atoms with Crippen molar-refractivity contribution < 1.29 is 9.47 Å². The minimum absolute atomic E-state index is 0.234. The summed E-state index contributed by atoms with van der Waals surface area (Å²) in [4.78, 5) is 0. The van der Waals surface area contributed by atoms with Crippen LogP contribution in [0.2, 0.25) is 0 Å². The molecule has 0 saturated carbocycles. The van der Waals surface area contributed by atoms with Crippen LogP contribution < -0.4 is 9.47 Å². The van der Waals surface area contributed by atoms with Crippen LogP contribution in [0.4, 0.5) is 0 Å². The number of hydrogen-bond acceptors (Lipinski definition) is 2. The van der Waals surface area contributed by atoms with E-state index in [9.17, 15) is 0 Å². The van der Waals surface area contributed by atoms with E-state index >= 15 is 0 Å². The van der Waals surface area contributed by atoms with E-state index in [1.165, 1.54) is 5.56 Å².